The Morgan fingerprint density at radius 3 is 2.07 bits per heavy atom. The van der Waals surface area contributed by atoms with Crippen LogP contribution in [0.1, 0.15) is 12.5 Å². The third-order valence-corrected chi connectivity index (χ3v) is 9.73. The molecule has 4 aromatic rings. The van der Waals surface area contributed by atoms with Gasteiger partial charge in [0.25, 0.3) is 7.82 Å². The average Bonchev–Trinajstić information content (AvgIpc) is 3.73. The number of phosphoric acid groups is 1. The number of rotatable bonds is 2. The van der Waals surface area contributed by atoms with Crippen molar-refractivity contribution in [1.82, 2.24) is 39.0 Å². The Labute approximate surface area is 249 Å². The standard InChI is InChI=1S/C20H23FN10O10P2S/c21-9-13-7(38-19(9)30-5-28-10-15(22)24-3-26-17(10)30)2-37-43(35,44)41-14-8(1-36-42(33,34)40-13)39-20(12(14)32)31-6-29-11-16(23)25-4-27-18(11)31/h3-9,12-14,19-20,32H,1-2H2,(H,33,34)(H,35,44)(H2,22,24,26)(H2,23,25,27)/p-1/t7?,8-,9-,12-,13-,14-,19-,20-,43?/m1/s1. The Morgan fingerprint density at radius 1 is 0.886 bits per heavy atom. The van der Waals surface area contributed by atoms with E-state index in [2.05, 4.69) is 29.9 Å². The SMILES string of the molecule is Nc1ncnc2c1ncn2[C@@H]1O[C@@H]2COP(=O)([O-])O[C@@H]3C(COP(O)(=S)O[C@H]2[C@H]1O)O[C@@H](n1cnc2c(N)ncnc21)[C@@H]3F. The topological polar surface area (TPSA) is 275 Å². The van der Waals surface area contributed by atoms with Crippen LogP contribution in [0.25, 0.3) is 22.3 Å². The summed E-state index contributed by atoms with van der Waals surface area (Å²) in [5.74, 6) is 0.0930. The number of anilines is 2. The average molecular weight is 675 g/mol. The van der Waals surface area contributed by atoms with Gasteiger partial charge in [0.1, 0.15) is 54.2 Å². The number of hydrogen-bond donors (Lipinski definition) is 4. The summed E-state index contributed by atoms with van der Waals surface area (Å²) >= 11 is 5.16. The molecule has 0 aromatic carbocycles. The molecule has 3 unspecified atom stereocenters. The minimum absolute atomic E-state index is 0.0274. The molecule has 3 saturated heterocycles. The lowest BCUT2D eigenvalue weighted by molar-refractivity contribution is -0.235. The van der Waals surface area contributed by atoms with Crippen molar-refractivity contribution in [2.75, 3.05) is 24.7 Å². The summed E-state index contributed by atoms with van der Waals surface area (Å²) in [4.78, 5) is 47.9. The number of nitrogens with zero attached hydrogens (tertiary/aromatic N) is 8. The van der Waals surface area contributed by atoms with Crippen molar-refractivity contribution in [1.29, 1.82) is 0 Å². The molecule has 0 bridgehead atoms. The first-order valence-corrected chi connectivity index (χ1v) is 16.8. The van der Waals surface area contributed by atoms with E-state index in [0.29, 0.717) is 0 Å². The predicted octanol–water partition coefficient (Wildman–Crippen LogP) is -1.17. The molecule has 0 saturated carbocycles. The van der Waals surface area contributed by atoms with E-state index in [1.807, 2.05) is 0 Å². The number of aliphatic hydroxyl groups excluding tert-OH is 1. The van der Waals surface area contributed by atoms with Crippen LogP contribution in [-0.2, 0) is 43.9 Å². The van der Waals surface area contributed by atoms with Gasteiger partial charge < -0.3 is 49.4 Å². The molecule has 7 heterocycles. The number of halogens is 1. The van der Waals surface area contributed by atoms with Gasteiger partial charge in [0, 0.05) is 0 Å². The molecule has 3 aliphatic rings. The van der Waals surface area contributed by atoms with Crippen LogP contribution in [0.4, 0.5) is 16.0 Å². The molecule has 4 aromatic heterocycles. The number of ether oxygens (including phenoxy) is 2. The molecule has 7 rings (SSSR count). The summed E-state index contributed by atoms with van der Waals surface area (Å²) in [6.07, 6.45) is -7.85. The molecule has 0 spiro atoms. The van der Waals surface area contributed by atoms with Gasteiger partial charge in [-0.3, -0.25) is 18.2 Å². The predicted molar refractivity (Wildman–Crippen MR) is 144 cm³/mol. The second-order valence-electron chi connectivity index (χ2n) is 9.88. The van der Waals surface area contributed by atoms with Gasteiger partial charge in [-0.2, -0.15) is 0 Å². The normalized spacial score (nSPS) is 38.3. The minimum atomic E-state index is -5.28. The zero-order valence-electron chi connectivity index (χ0n) is 21.9. The fourth-order valence-corrected chi connectivity index (χ4v) is 7.59. The largest absolute Gasteiger partial charge is 0.756 e. The van der Waals surface area contributed by atoms with Gasteiger partial charge in [-0.15, -0.1) is 0 Å². The molecule has 0 radical (unpaired) electrons. The molecular weight excluding hydrogens is 653 g/mol. The van der Waals surface area contributed by atoms with Crippen LogP contribution in [-0.4, -0.2) is 98.9 Å². The van der Waals surface area contributed by atoms with E-state index in [1.54, 1.807) is 0 Å². The Morgan fingerprint density at radius 2 is 1.43 bits per heavy atom. The number of aromatic nitrogens is 8. The summed E-state index contributed by atoms with van der Waals surface area (Å²) in [7, 11) is -5.28. The van der Waals surface area contributed by atoms with E-state index < -0.39 is 76.9 Å². The van der Waals surface area contributed by atoms with Gasteiger partial charge in [-0.1, -0.05) is 0 Å². The van der Waals surface area contributed by atoms with Crippen molar-refractivity contribution in [2.24, 2.45) is 0 Å². The molecule has 10 atom stereocenters. The molecule has 236 valence electrons. The highest BCUT2D eigenvalue weighted by Gasteiger charge is 2.52. The molecule has 6 N–H and O–H groups in total. The van der Waals surface area contributed by atoms with Crippen molar-refractivity contribution in [3.05, 3.63) is 25.3 Å². The zero-order chi connectivity index (χ0) is 31.0. The molecular formula is C20H22FN10O10P2S-. The summed E-state index contributed by atoms with van der Waals surface area (Å²) in [6, 6.07) is 0. The fraction of sp³-hybridized carbons (Fsp3) is 0.500. The summed E-state index contributed by atoms with van der Waals surface area (Å²) < 4.78 is 64.1. The lowest BCUT2D eigenvalue weighted by Crippen LogP contribution is -2.39. The number of hydrogen-bond acceptors (Lipinski definition) is 18. The number of nitrogen functional groups attached to an aromatic ring is 2. The summed E-state index contributed by atoms with van der Waals surface area (Å²) in [5, 5.41) is 11.2. The van der Waals surface area contributed by atoms with Gasteiger partial charge in [0.2, 0.25) is 0 Å². The van der Waals surface area contributed by atoms with E-state index in [1.165, 1.54) is 28.1 Å². The van der Waals surface area contributed by atoms with Crippen LogP contribution < -0.4 is 16.4 Å². The number of imidazole rings is 2. The van der Waals surface area contributed by atoms with E-state index in [9.17, 15) is 19.5 Å². The van der Waals surface area contributed by atoms with Gasteiger partial charge in [0.05, 0.1) is 25.9 Å². The molecule has 0 aliphatic carbocycles. The molecule has 3 fully saturated rings. The first-order chi connectivity index (χ1) is 20.9. The highest BCUT2D eigenvalue weighted by Crippen LogP contribution is 2.53. The van der Waals surface area contributed by atoms with E-state index >= 15 is 4.39 Å². The van der Waals surface area contributed by atoms with E-state index in [-0.39, 0.29) is 34.0 Å². The van der Waals surface area contributed by atoms with Crippen LogP contribution in [0, 0.1) is 0 Å². The van der Waals surface area contributed by atoms with Gasteiger partial charge in [-0.05, 0) is 11.8 Å². The second-order valence-corrected chi connectivity index (χ2v) is 14.0. The van der Waals surface area contributed by atoms with Crippen molar-refractivity contribution < 1.29 is 51.4 Å². The highest BCUT2D eigenvalue weighted by atomic mass is 32.5. The van der Waals surface area contributed by atoms with Crippen LogP contribution >= 0.6 is 14.5 Å². The first-order valence-electron chi connectivity index (χ1n) is 12.7. The maximum absolute atomic E-state index is 15.9. The molecule has 3 aliphatic heterocycles. The third kappa shape index (κ3) is 5.15. The van der Waals surface area contributed by atoms with Crippen LogP contribution in [0.3, 0.4) is 0 Å². The molecule has 24 heteroatoms. The lowest BCUT2D eigenvalue weighted by atomic mass is 10.1. The second kappa shape index (κ2) is 10.9. The summed E-state index contributed by atoms with van der Waals surface area (Å²) in [6.45, 7) is -5.70. The first kappa shape index (κ1) is 29.8. The smallest absolute Gasteiger partial charge is 0.325 e. The van der Waals surface area contributed by atoms with E-state index in [4.69, 9.17) is 50.8 Å². The zero-order valence-corrected chi connectivity index (χ0v) is 24.5. The van der Waals surface area contributed by atoms with Crippen LogP contribution in [0.2, 0.25) is 0 Å². The molecule has 20 nitrogen and oxygen atoms in total. The maximum Gasteiger partial charge on any atom is 0.325 e. The number of nitrogens with two attached hydrogens (primary N) is 2. The Bertz CT molecular complexity index is 1700. The van der Waals surface area contributed by atoms with Crippen molar-refractivity contribution in [3.8, 4) is 0 Å². The van der Waals surface area contributed by atoms with Gasteiger partial charge >= 0.3 is 6.72 Å². The summed E-state index contributed by atoms with van der Waals surface area (Å²) in [5.41, 5.74) is 12.3. The molecule has 0 amide bonds. The monoisotopic (exact) mass is 675 g/mol. The number of fused-ring (bicyclic) bond motifs is 4. The Balaban J connectivity index is 1.17. The van der Waals surface area contributed by atoms with Crippen molar-refractivity contribution in [2.45, 2.75) is 49.1 Å². The lowest BCUT2D eigenvalue weighted by Gasteiger charge is -2.32. The van der Waals surface area contributed by atoms with Crippen molar-refractivity contribution >= 4 is 60.3 Å². The number of alkyl halides is 1. The molecule has 44 heavy (non-hydrogen) atoms. The fourth-order valence-electron chi connectivity index (χ4n) is 5.20. The maximum atomic E-state index is 15.9. The van der Waals surface area contributed by atoms with Gasteiger partial charge in [-0.25, -0.2) is 34.3 Å². The van der Waals surface area contributed by atoms with Crippen LogP contribution in [0.15, 0.2) is 25.3 Å². The number of aliphatic hydroxyl groups is 1. The highest BCUT2D eigenvalue weighted by molar-refractivity contribution is 8.07. The minimum Gasteiger partial charge on any atom is -0.756 e. The third-order valence-electron chi connectivity index (χ3n) is 7.20. The van der Waals surface area contributed by atoms with Gasteiger partial charge in [0.15, 0.2) is 41.6 Å². The van der Waals surface area contributed by atoms with Crippen LogP contribution in [0.5, 0.6) is 0 Å². The van der Waals surface area contributed by atoms with E-state index in [0.717, 1.165) is 6.33 Å². The number of phosphoric ester groups is 1. The Kier molecular flexibility index (Phi) is 7.39. The van der Waals surface area contributed by atoms with Crippen molar-refractivity contribution in [3.63, 3.8) is 0 Å². The Hall–Kier alpha value is -2.85. The quantitative estimate of drug-likeness (QED) is 0.182.